The van der Waals surface area contributed by atoms with Gasteiger partial charge in [0.25, 0.3) is 6.47 Å². The molecule has 234 valence electrons. The predicted octanol–water partition coefficient (Wildman–Crippen LogP) is 8.55. The van der Waals surface area contributed by atoms with Crippen LogP contribution in [-0.4, -0.2) is 36.9 Å². The summed E-state index contributed by atoms with van der Waals surface area (Å²) in [6.45, 7) is 11.5. The number of ether oxygens (including phenoxy) is 2. The molecule has 6 heteroatoms. The molecule has 10 atom stereocenters. The summed E-state index contributed by atoms with van der Waals surface area (Å²) >= 11 is 0. The highest BCUT2D eigenvalue weighted by Gasteiger charge is 2.63. The van der Waals surface area contributed by atoms with Crippen molar-refractivity contribution in [2.24, 2.45) is 51.8 Å². The topological polar surface area (TPSA) is 76.1 Å². The molecule has 0 bridgehead atoms. The van der Waals surface area contributed by atoms with Gasteiger partial charge in [-0.1, -0.05) is 47.0 Å². The van der Waals surface area contributed by atoms with Crippen molar-refractivity contribution in [2.75, 3.05) is 13.2 Å². The van der Waals surface area contributed by atoms with Crippen LogP contribution in [0.1, 0.15) is 115 Å². The van der Waals surface area contributed by atoms with E-state index in [1.807, 2.05) is 0 Å². The first-order valence-electron chi connectivity index (χ1n) is 16.7. The molecule has 10 unspecified atom stereocenters. The van der Waals surface area contributed by atoms with E-state index in [-0.39, 0.29) is 25.0 Å². The average Bonchev–Trinajstić information content (AvgIpc) is 3.70. The number of fused-ring (bicyclic) bond motifs is 7. The van der Waals surface area contributed by atoms with Gasteiger partial charge < -0.3 is 14.6 Å². The predicted molar refractivity (Wildman–Crippen MR) is 161 cm³/mol. The van der Waals surface area contributed by atoms with E-state index in [0.29, 0.717) is 23.0 Å². The zero-order valence-electron chi connectivity index (χ0n) is 26.3. The van der Waals surface area contributed by atoms with Crippen LogP contribution in [0.3, 0.4) is 0 Å². The van der Waals surface area contributed by atoms with Crippen molar-refractivity contribution in [3.8, 4) is 0 Å². The molecule has 1 aliphatic heterocycles. The van der Waals surface area contributed by atoms with Crippen molar-refractivity contribution < 1.29 is 28.6 Å². The zero-order chi connectivity index (χ0) is 30.1. The number of hydrogen-bond donors (Lipinski definition) is 1. The van der Waals surface area contributed by atoms with Gasteiger partial charge in [0.1, 0.15) is 18.5 Å². The zero-order valence-corrected chi connectivity index (χ0v) is 26.3. The summed E-state index contributed by atoms with van der Waals surface area (Å²) in [5, 5.41) is 6.89. The minimum atomic E-state index is -0.444. The van der Waals surface area contributed by atoms with Crippen LogP contribution in [0, 0.1) is 57.6 Å². The lowest BCUT2D eigenvalue weighted by atomic mass is 9.38. The molecule has 1 N–H and O–H groups in total. The van der Waals surface area contributed by atoms with Crippen molar-refractivity contribution >= 4 is 12.4 Å². The summed E-state index contributed by atoms with van der Waals surface area (Å²) in [4.78, 5) is 19.6. The number of carboxylic acid groups (broad SMARTS) is 1. The minimum absolute atomic E-state index is 0.0550. The molecule has 0 aromatic heterocycles. The van der Waals surface area contributed by atoms with Crippen LogP contribution in [0.4, 0.5) is 4.39 Å². The van der Waals surface area contributed by atoms with Crippen molar-refractivity contribution in [1.82, 2.24) is 0 Å². The fourth-order valence-corrected chi connectivity index (χ4v) is 11.2. The Labute approximate surface area is 252 Å². The maximum Gasteiger partial charge on any atom is 0.338 e. The van der Waals surface area contributed by atoms with Gasteiger partial charge in [-0.25, -0.2) is 9.18 Å². The van der Waals surface area contributed by atoms with Crippen LogP contribution in [0.5, 0.6) is 0 Å². The lowest BCUT2D eigenvalue weighted by Gasteiger charge is -2.67. The van der Waals surface area contributed by atoms with Crippen LogP contribution < -0.4 is 0 Å². The summed E-state index contributed by atoms with van der Waals surface area (Å²) in [6, 6.07) is 5.24. The third kappa shape index (κ3) is 6.03. The molecule has 6 fully saturated rings. The molecule has 1 heterocycles. The average molecular weight is 585 g/mol. The molecular formula is C36H53FO5. The maximum absolute atomic E-state index is 12.5. The third-order valence-corrected chi connectivity index (χ3v) is 13.2. The SMILES string of the molecule is CC1CCCC2(C)C1CCC1(C)C3CCC4(C)CCCC4C3CCC21.O=C(OCC1CO1)c1ccc(F)cc1.O=CO. The summed E-state index contributed by atoms with van der Waals surface area (Å²) < 4.78 is 22.3. The van der Waals surface area contributed by atoms with Gasteiger partial charge >= 0.3 is 5.97 Å². The number of hydrogen-bond acceptors (Lipinski definition) is 4. The van der Waals surface area contributed by atoms with Gasteiger partial charge in [-0.2, -0.15) is 0 Å². The van der Waals surface area contributed by atoms with E-state index >= 15 is 0 Å². The third-order valence-electron chi connectivity index (χ3n) is 13.2. The molecule has 6 aliphatic rings. The highest BCUT2D eigenvalue weighted by atomic mass is 19.1. The van der Waals surface area contributed by atoms with Crippen LogP contribution in [0.15, 0.2) is 24.3 Å². The Morgan fingerprint density at radius 1 is 0.929 bits per heavy atom. The smallest absolute Gasteiger partial charge is 0.338 e. The van der Waals surface area contributed by atoms with E-state index in [1.165, 1.54) is 43.5 Å². The Balaban J connectivity index is 0.000000176. The van der Waals surface area contributed by atoms with Crippen LogP contribution in [-0.2, 0) is 14.3 Å². The minimum Gasteiger partial charge on any atom is -0.483 e. The Morgan fingerprint density at radius 2 is 1.57 bits per heavy atom. The first-order valence-corrected chi connectivity index (χ1v) is 16.7. The maximum atomic E-state index is 12.5. The second-order valence-corrected chi connectivity index (χ2v) is 15.3. The molecule has 1 aromatic carbocycles. The van der Waals surface area contributed by atoms with Gasteiger partial charge in [-0.3, -0.25) is 4.79 Å². The molecule has 0 amide bonds. The molecule has 5 aliphatic carbocycles. The summed E-state index contributed by atoms with van der Waals surface area (Å²) in [6.07, 6.45) is 18.6. The fraction of sp³-hybridized carbons (Fsp3) is 0.778. The van der Waals surface area contributed by atoms with Crippen molar-refractivity contribution in [3.05, 3.63) is 35.6 Å². The van der Waals surface area contributed by atoms with Gasteiger partial charge in [0.2, 0.25) is 0 Å². The molecule has 0 spiro atoms. The molecule has 42 heavy (non-hydrogen) atoms. The summed E-state index contributed by atoms with van der Waals surface area (Å²) in [5.41, 5.74) is 2.43. The molecule has 0 radical (unpaired) electrons. The monoisotopic (exact) mass is 584 g/mol. The largest absolute Gasteiger partial charge is 0.483 e. The number of carbonyl (C=O) groups is 2. The molecule has 7 rings (SSSR count). The highest BCUT2D eigenvalue weighted by molar-refractivity contribution is 5.89. The van der Waals surface area contributed by atoms with Crippen molar-refractivity contribution in [3.63, 3.8) is 0 Å². The number of benzene rings is 1. The van der Waals surface area contributed by atoms with Crippen LogP contribution in [0.2, 0.25) is 0 Å². The van der Waals surface area contributed by atoms with E-state index in [4.69, 9.17) is 19.4 Å². The molecule has 1 saturated heterocycles. The molecule has 5 nitrogen and oxygen atoms in total. The molecular weight excluding hydrogens is 531 g/mol. The van der Waals surface area contributed by atoms with E-state index in [9.17, 15) is 9.18 Å². The van der Waals surface area contributed by atoms with Crippen LogP contribution in [0.25, 0.3) is 0 Å². The van der Waals surface area contributed by atoms with E-state index < -0.39 is 5.97 Å². The van der Waals surface area contributed by atoms with Gasteiger partial charge in [0, 0.05) is 0 Å². The highest BCUT2D eigenvalue weighted by Crippen LogP contribution is 2.71. The summed E-state index contributed by atoms with van der Waals surface area (Å²) in [7, 11) is 0. The Kier molecular flexibility index (Phi) is 9.42. The summed E-state index contributed by atoms with van der Waals surface area (Å²) in [5.74, 6) is 5.49. The Morgan fingerprint density at radius 3 is 2.26 bits per heavy atom. The Hall–Kier alpha value is -1.95. The second kappa shape index (κ2) is 12.6. The number of epoxide rings is 1. The number of rotatable bonds is 3. The fourth-order valence-electron chi connectivity index (χ4n) is 11.2. The van der Waals surface area contributed by atoms with Crippen LogP contribution >= 0.6 is 0 Å². The van der Waals surface area contributed by atoms with Crippen molar-refractivity contribution in [1.29, 1.82) is 0 Å². The standard InChI is InChI=1S/C25H42.C10H9FO3.CH2O2/c1-17-7-5-14-24(3)19(17)12-16-25(4)21-11-15-23(2)13-6-8-20(23)18(21)9-10-22(24)25;11-8-3-1-7(2-4-8)10(12)14-6-9-5-13-9;2-1-3/h17-22H,5-16H2,1-4H3;1-4,9H,5-6H2;1H,(H,2,3). The normalized spacial score (nSPS) is 42.9. The number of esters is 1. The van der Waals surface area contributed by atoms with E-state index in [2.05, 4.69) is 27.7 Å². The lowest BCUT2D eigenvalue weighted by molar-refractivity contribution is -0.181. The van der Waals surface area contributed by atoms with Gasteiger partial charge in [-0.05, 0) is 134 Å². The molecule has 1 aromatic rings. The number of carbonyl (C=O) groups excluding carboxylic acids is 1. The first-order chi connectivity index (χ1) is 20.1. The second-order valence-electron chi connectivity index (χ2n) is 15.3. The van der Waals surface area contributed by atoms with Gasteiger partial charge in [-0.15, -0.1) is 0 Å². The quantitative estimate of drug-likeness (QED) is 0.219. The Bertz CT molecular complexity index is 1090. The van der Waals surface area contributed by atoms with Gasteiger partial charge in [0.15, 0.2) is 0 Å². The first kappa shape index (κ1) is 31.5. The number of halogens is 1. The lowest BCUT2D eigenvalue weighted by Crippen LogP contribution is -2.59. The van der Waals surface area contributed by atoms with E-state index in [1.54, 1.807) is 57.8 Å². The molecule has 5 saturated carbocycles. The van der Waals surface area contributed by atoms with Gasteiger partial charge in [0.05, 0.1) is 12.2 Å². The van der Waals surface area contributed by atoms with Crippen molar-refractivity contribution in [2.45, 2.75) is 111 Å². The van der Waals surface area contributed by atoms with E-state index in [0.717, 1.165) is 40.9 Å².